The van der Waals surface area contributed by atoms with Crippen molar-refractivity contribution in [1.82, 2.24) is 134 Å². The molecule has 0 spiro atoms. The smallest absolute Gasteiger partial charge is 0.393 e. The Morgan fingerprint density at radius 3 is 1.62 bits per heavy atom. The molecule has 0 fully saturated rings. The second kappa shape index (κ2) is 40.2. The Bertz CT molecular complexity index is 4170. The van der Waals surface area contributed by atoms with Crippen molar-refractivity contribution < 1.29 is 9.53 Å². The molecule has 480 valence electrons. The van der Waals surface area contributed by atoms with Crippen LogP contribution >= 0.6 is 0 Å². The van der Waals surface area contributed by atoms with Crippen molar-refractivity contribution in [3.63, 3.8) is 0 Å². The fourth-order valence-electron chi connectivity index (χ4n) is 7.24. The maximum absolute atomic E-state index is 11.6. The number of hydrogen-bond acceptors (Lipinski definition) is 21. The zero-order valence-electron chi connectivity index (χ0n) is 53.8. The molecule has 0 bridgehead atoms. The predicted octanol–water partition coefficient (Wildman–Crippen LogP) is 8.51. The summed E-state index contributed by atoms with van der Waals surface area (Å²) in [6.07, 6.45) is 16.5. The van der Waals surface area contributed by atoms with E-state index in [4.69, 9.17) is 16.6 Å². The molecule has 0 amide bonds. The van der Waals surface area contributed by atoms with E-state index >= 15 is 0 Å². The molecule has 4 aromatic carbocycles. The summed E-state index contributed by atoms with van der Waals surface area (Å²) in [4.78, 5) is 30.3. The molecule has 0 saturated carbocycles. The fourth-order valence-corrected chi connectivity index (χ4v) is 7.24. The topological polar surface area (TPSA) is 331 Å². The van der Waals surface area contributed by atoms with Crippen LogP contribution in [0.15, 0.2) is 184 Å². The number of ether oxygens (including phenoxy) is 1. The first kappa shape index (κ1) is 71.3. The third-order valence-electron chi connectivity index (χ3n) is 11.9. The van der Waals surface area contributed by atoms with E-state index in [1.165, 1.54) is 17.1 Å². The Balaban J connectivity index is 0.000000192. The number of hydrogen-bond donors (Lipinski definition) is 0. The number of nitriles is 1. The summed E-state index contributed by atoms with van der Waals surface area (Å²) >= 11 is 0. The van der Waals surface area contributed by atoms with Crippen molar-refractivity contribution in [2.24, 2.45) is 14.1 Å². The minimum atomic E-state index is -0.420. The summed E-state index contributed by atoms with van der Waals surface area (Å²) in [5.74, 6) is 2.52. The highest BCUT2D eigenvalue weighted by molar-refractivity contribution is 5.87. The Morgan fingerprint density at radius 2 is 1.19 bits per heavy atom. The van der Waals surface area contributed by atoms with E-state index in [0.29, 0.717) is 24.5 Å². The van der Waals surface area contributed by atoms with E-state index in [1.54, 1.807) is 72.7 Å². The second-order valence-corrected chi connectivity index (χ2v) is 18.5. The second-order valence-electron chi connectivity index (χ2n) is 18.5. The van der Waals surface area contributed by atoms with Gasteiger partial charge < -0.3 is 9.58 Å². The van der Waals surface area contributed by atoms with Crippen molar-refractivity contribution >= 4 is 11.9 Å². The van der Waals surface area contributed by atoms with Gasteiger partial charge in [-0.25, -0.2) is 38.5 Å². The van der Waals surface area contributed by atoms with Crippen LogP contribution < -0.4 is 0 Å². The molecule has 0 aliphatic rings. The highest BCUT2D eigenvalue weighted by atomic mass is 16.5. The lowest BCUT2D eigenvalue weighted by atomic mass is 10.2. The van der Waals surface area contributed by atoms with Gasteiger partial charge in [-0.1, -0.05) is 128 Å². The molecule has 9 heterocycles. The Morgan fingerprint density at radius 1 is 0.591 bits per heavy atom. The van der Waals surface area contributed by atoms with Crippen LogP contribution in [0.5, 0.6) is 0 Å². The van der Waals surface area contributed by atoms with Gasteiger partial charge in [-0.2, -0.15) is 25.2 Å². The molecule has 0 N–H and O–H groups in total. The Hall–Kier alpha value is -12.4. The third kappa shape index (κ3) is 24.6. The average molecular weight is 1260 g/mol. The monoisotopic (exact) mass is 1260 g/mol. The van der Waals surface area contributed by atoms with Gasteiger partial charge in [0.15, 0.2) is 23.5 Å². The molecule has 0 aliphatic carbocycles. The number of nitrogens with zero attached hydrogens (tertiary/aromatic N) is 29. The van der Waals surface area contributed by atoms with Crippen molar-refractivity contribution in [2.45, 2.75) is 95.0 Å². The number of aryl methyl sites for hydroxylation is 10. The van der Waals surface area contributed by atoms with Crippen LogP contribution in [0.3, 0.4) is 0 Å². The summed E-state index contributed by atoms with van der Waals surface area (Å²) in [5, 5.41) is 62.0. The first-order valence-corrected chi connectivity index (χ1v) is 29.3. The summed E-state index contributed by atoms with van der Waals surface area (Å²) in [7, 11) is 3.71. The quantitative estimate of drug-likeness (QED) is 0.0864. The van der Waals surface area contributed by atoms with Gasteiger partial charge in [0.05, 0.1) is 61.2 Å². The molecule has 13 rings (SSSR count). The van der Waals surface area contributed by atoms with Gasteiger partial charge in [-0.3, -0.25) is 18.7 Å². The standard InChI is InChI=1S/C11H11N3O2.C10H11N3.2C9H9N3.2C5H6N4.2C5H9N3.C3H5N3/c1-2-16-11(15)10-8-12-13-14(10)9-6-4-3-5-7-9;1-2-13-8-10(11-12-13)9-6-4-3-5-7-9;1-12-9(10-7-11-12)8-5-3-2-4-6-8;1-8-7-12(11-10-8)9-5-3-2-4-6-9;1-3-9-4-7-5(6-2)8-9;1-2-9-5(3-6)4-7-8-9;1-3-8-4-6-5(2)7-8;1-3-8-5(2)6-4-7-8;1-6-3-2-4-5-6/h3-8H,2H2,1H3;3-8H,2H2,1H3;2*2-7H,1H3;4H,3H2,1H3;4H,2H2,1H3;2*4H,3H2,1-2H3;2-3H,1H3. The van der Waals surface area contributed by atoms with Crippen LogP contribution in [-0.4, -0.2) is 147 Å². The van der Waals surface area contributed by atoms with Gasteiger partial charge in [0.25, 0.3) is 0 Å². The fraction of sp³-hybridized carbons (Fsp3) is 0.274. The lowest BCUT2D eigenvalue weighted by molar-refractivity contribution is 0.0515. The van der Waals surface area contributed by atoms with E-state index < -0.39 is 5.97 Å². The molecule has 31 nitrogen and oxygen atoms in total. The van der Waals surface area contributed by atoms with Crippen molar-refractivity contribution in [3.05, 3.63) is 224 Å². The van der Waals surface area contributed by atoms with Gasteiger partial charge in [0.1, 0.15) is 42.4 Å². The normalized spacial score (nSPS) is 9.73. The Labute approximate surface area is 538 Å². The van der Waals surface area contributed by atoms with Crippen LogP contribution in [-0.2, 0) is 51.6 Å². The number of para-hydroxylation sites is 2. The number of aromatic nitrogens is 27. The van der Waals surface area contributed by atoms with Crippen LogP contribution in [0.1, 0.15) is 75.1 Å². The van der Waals surface area contributed by atoms with Crippen molar-refractivity contribution in [2.75, 3.05) is 6.61 Å². The number of benzene rings is 4. The first-order chi connectivity index (χ1) is 45.3. The summed E-state index contributed by atoms with van der Waals surface area (Å²) in [6.45, 7) is 28.5. The average Bonchev–Trinajstić information content (AvgIpc) is 1.95. The van der Waals surface area contributed by atoms with Crippen LogP contribution in [0, 0.1) is 38.7 Å². The van der Waals surface area contributed by atoms with Crippen LogP contribution in [0.2, 0.25) is 0 Å². The van der Waals surface area contributed by atoms with Crippen LogP contribution in [0.4, 0.5) is 5.95 Å². The zero-order chi connectivity index (χ0) is 67.0. The summed E-state index contributed by atoms with van der Waals surface area (Å²) in [6, 6.07) is 41.3. The molecule has 9 aromatic heterocycles. The minimum Gasteiger partial charge on any atom is -0.461 e. The lowest BCUT2D eigenvalue weighted by Gasteiger charge is -2.04. The van der Waals surface area contributed by atoms with E-state index in [0.717, 1.165) is 77.5 Å². The Kier molecular flexibility index (Phi) is 30.8. The molecule has 13 aromatic rings. The molecule has 0 saturated heterocycles. The molecule has 31 heteroatoms. The minimum absolute atomic E-state index is 0.219. The van der Waals surface area contributed by atoms with Gasteiger partial charge >= 0.3 is 11.9 Å². The predicted molar refractivity (Wildman–Crippen MR) is 345 cm³/mol. The number of carbonyl (C=O) groups excluding carboxylic acids is 1. The molecular weight excluding hydrogens is 1180 g/mol. The molecule has 0 aliphatic heterocycles. The molecule has 0 unspecified atom stereocenters. The number of rotatable bonds is 11. The summed E-state index contributed by atoms with van der Waals surface area (Å²) < 4.78 is 20.2. The van der Waals surface area contributed by atoms with E-state index in [-0.39, 0.29) is 5.95 Å². The SMILES string of the molecule is CCOC(=O)c1cnnn1-c1ccccc1.CCn1cc(-c2ccccc2)nn1.CCn1cnc(C)n1.CCn1ncnc1C.CCn1nncc1C#N.Cc1cn(-c2ccccc2)nn1.Cn1ccnn1.Cn1ncnc1-c1ccccc1.[C-]#[N+]c1ncn(CC)n1. The molecule has 0 radical (unpaired) electrons. The van der Waals surface area contributed by atoms with Crippen molar-refractivity contribution in [1.29, 1.82) is 5.26 Å². The van der Waals surface area contributed by atoms with Crippen LogP contribution in [0.25, 0.3) is 38.9 Å². The first-order valence-electron chi connectivity index (χ1n) is 29.3. The van der Waals surface area contributed by atoms with Gasteiger partial charge in [0, 0.05) is 57.6 Å². The van der Waals surface area contributed by atoms with E-state index in [2.05, 4.69) is 96.7 Å². The maximum atomic E-state index is 11.6. The third-order valence-corrected chi connectivity index (χ3v) is 11.9. The van der Waals surface area contributed by atoms with Crippen molar-refractivity contribution in [3.8, 4) is 40.1 Å². The molecular formula is C62H75N29O2. The zero-order valence-corrected chi connectivity index (χ0v) is 53.8. The van der Waals surface area contributed by atoms with Gasteiger partial charge in [-0.05, 0) is 86.6 Å². The van der Waals surface area contributed by atoms with E-state index in [1.807, 2.05) is 219 Å². The highest BCUT2D eigenvalue weighted by Crippen LogP contribution is 2.16. The number of esters is 1. The van der Waals surface area contributed by atoms with Gasteiger partial charge in [0.2, 0.25) is 0 Å². The van der Waals surface area contributed by atoms with E-state index in [9.17, 15) is 4.79 Å². The highest BCUT2D eigenvalue weighted by Gasteiger charge is 2.15. The lowest BCUT2D eigenvalue weighted by Crippen LogP contribution is -2.11. The largest absolute Gasteiger partial charge is 0.461 e. The summed E-state index contributed by atoms with van der Waals surface area (Å²) in [5.41, 5.74) is 6.73. The number of carbonyl (C=O) groups is 1. The molecule has 0 atom stereocenters. The maximum Gasteiger partial charge on any atom is 0.393 e. The van der Waals surface area contributed by atoms with Gasteiger partial charge in [-0.15, -0.1) is 37.0 Å². The molecule has 93 heavy (non-hydrogen) atoms.